The molecule has 0 aromatic carbocycles. The van der Waals surface area contributed by atoms with Gasteiger partial charge in [-0.25, -0.2) is 0 Å². The van der Waals surface area contributed by atoms with Crippen LogP contribution in [0, 0.1) is 6.92 Å². The SMILES string of the molecule is Cc1nccnc1[C@@H](C)N[C@H]1CCCN(C2CCCCC2)C1. The van der Waals surface area contributed by atoms with Crippen molar-refractivity contribution in [3.05, 3.63) is 23.8 Å². The molecule has 1 N–H and O–H groups in total. The summed E-state index contributed by atoms with van der Waals surface area (Å²) >= 11 is 0. The standard InChI is InChI=1S/C18H30N4/c1-14-18(20-11-10-19-14)15(2)21-16-7-6-12-22(13-16)17-8-4-3-5-9-17/h10-11,15-17,21H,3-9,12-13H2,1-2H3/t15-,16+/m1/s1. The normalized spacial score (nSPS) is 26.0. The highest BCUT2D eigenvalue weighted by atomic mass is 15.2. The molecule has 1 aromatic heterocycles. The van der Waals surface area contributed by atoms with Crippen molar-refractivity contribution in [2.24, 2.45) is 0 Å². The maximum absolute atomic E-state index is 4.51. The van der Waals surface area contributed by atoms with Crippen molar-refractivity contribution in [3.8, 4) is 0 Å². The molecule has 2 fully saturated rings. The van der Waals surface area contributed by atoms with E-state index in [1.807, 2.05) is 0 Å². The highest BCUT2D eigenvalue weighted by molar-refractivity contribution is 5.12. The second kappa shape index (κ2) is 7.51. The van der Waals surface area contributed by atoms with E-state index in [-0.39, 0.29) is 6.04 Å². The summed E-state index contributed by atoms with van der Waals surface area (Å²) in [4.78, 5) is 11.6. The summed E-state index contributed by atoms with van der Waals surface area (Å²) in [6.07, 6.45) is 13.3. The molecule has 22 heavy (non-hydrogen) atoms. The molecule has 0 unspecified atom stereocenters. The number of hydrogen-bond donors (Lipinski definition) is 1. The van der Waals surface area contributed by atoms with Crippen LogP contribution in [0.4, 0.5) is 0 Å². The number of piperidine rings is 1. The molecule has 0 radical (unpaired) electrons. The van der Waals surface area contributed by atoms with Crippen molar-refractivity contribution in [1.29, 1.82) is 0 Å². The van der Waals surface area contributed by atoms with Gasteiger partial charge in [0.2, 0.25) is 0 Å². The molecule has 2 aliphatic rings. The first-order chi connectivity index (χ1) is 10.7. The molecule has 0 spiro atoms. The van der Waals surface area contributed by atoms with Crippen LogP contribution >= 0.6 is 0 Å². The molecule has 1 aliphatic carbocycles. The predicted molar refractivity (Wildman–Crippen MR) is 89.8 cm³/mol. The molecule has 2 heterocycles. The van der Waals surface area contributed by atoms with Crippen LogP contribution in [0.1, 0.15) is 69.3 Å². The Morgan fingerprint density at radius 3 is 2.64 bits per heavy atom. The van der Waals surface area contributed by atoms with Gasteiger partial charge < -0.3 is 5.32 Å². The minimum atomic E-state index is 0.282. The highest BCUT2D eigenvalue weighted by Gasteiger charge is 2.27. The summed E-state index contributed by atoms with van der Waals surface area (Å²) in [5.74, 6) is 0. The van der Waals surface area contributed by atoms with Crippen molar-refractivity contribution in [1.82, 2.24) is 20.2 Å². The van der Waals surface area contributed by atoms with Crippen LogP contribution in [-0.4, -0.2) is 40.0 Å². The van der Waals surface area contributed by atoms with Crippen molar-refractivity contribution < 1.29 is 0 Å². The number of aryl methyl sites for hydroxylation is 1. The summed E-state index contributed by atoms with van der Waals surface area (Å²) in [5.41, 5.74) is 2.14. The fraction of sp³-hybridized carbons (Fsp3) is 0.778. The maximum Gasteiger partial charge on any atom is 0.0782 e. The van der Waals surface area contributed by atoms with Crippen LogP contribution in [-0.2, 0) is 0 Å². The first kappa shape index (κ1) is 15.9. The topological polar surface area (TPSA) is 41.1 Å². The number of aromatic nitrogens is 2. The number of rotatable bonds is 4. The van der Waals surface area contributed by atoms with Crippen molar-refractivity contribution >= 4 is 0 Å². The molecular weight excluding hydrogens is 272 g/mol. The van der Waals surface area contributed by atoms with Crippen molar-refractivity contribution in [2.45, 2.75) is 76.9 Å². The number of nitrogens with zero attached hydrogens (tertiary/aromatic N) is 3. The molecule has 4 nitrogen and oxygen atoms in total. The molecule has 2 atom stereocenters. The van der Waals surface area contributed by atoms with Crippen LogP contribution in [0.3, 0.4) is 0 Å². The minimum Gasteiger partial charge on any atom is -0.305 e. The van der Waals surface area contributed by atoms with Gasteiger partial charge in [-0.05, 0) is 46.1 Å². The smallest absolute Gasteiger partial charge is 0.0782 e. The van der Waals surface area contributed by atoms with E-state index in [1.54, 1.807) is 12.4 Å². The molecule has 1 saturated heterocycles. The molecule has 3 rings (SSSR count). The van der Waals surface area contributed by atoms with Crippen LogP contribution in [0.25, 0.3) is 0 Å². The summed E-state index contributed by atoms with van der Waals surface area (Å²) in [6, 6.07) is 1.71. The Balaban J connectivity index is 1.57. The van der Waals surface area contributed by atoms with Gasteiger partial charge in [-0.2, -0.15) is 0 Å². The summed E-state index contributed by atoms with van der Waals surface area (Å²) in [6.45, 7) is 6.77. The second-order valence-corrected chi connectivity index (χ2v) is 7.04. The predicted octanol–water partition coefficient (Wildman–Crippen LogP) is 3.23. The Bertz CT molecular complexity index is 470. The molecule has 4 heteroatoms. The van der Waals surface area contributed by atoms with Gasteiger partial charge in [0.25, 0.3) is 0 Å². The average Bonchev–Trinajstić information content (AvgIpc) is 2.56. The third-order valence-electron chi connectivity index (χ3n) is 5.36. The monoisotopic (exact) mass is 302 g/mol. The minimum absolute atomic E-state index is 0.282. The zero-order valence-corrected chi connectivity index (χ0v) is 14.1. The fourth-order valence-corrected chi connectivity index (χ4v) is 4.20. The highest BCUT2D eigenvalue weighted by Crippen LogP contribution is 2.26. The quantitative estimate of drug-likeness (QED) is 0.927. The van der Waals surface area contributed by atoms with E-state index in [9.17, 15) is 0 Å². The Morgan fingerprint density at radius 2 is 1.86 bits per heavy atom. The lowest BCUT2D eigenvalue weighted by Gasteiger charge is -2.41. The van der Waals surface area contributed by atoms with E-state index >= 15 is 0 Å². The number of likely N-dealkylation sites (tertiary alicyclic amines) is 1. The van der Waals surface area contributed by atoms with E-state index in [4.69, 9.17) is 0 Å². The molecule has 0 bridgehead atoms. The third kappa shape index (κ3) is 3.85. The van der Waals surface area contributed by atoms with Crippen LogP contribution < -0.4 is 5.32 Å². The number of nitrogens with one attached hydrogen (secondary N) is 1. The Kier molecular flexibility index (Phi) is 5.42. The summed E-state index contributed by atoms with van der Waals surface area (Å²) in [7, 11) is 0. The van der Waals surface area contributed by atoms with Gasteiger partial charge in [0.1, 0.15) is 0 Å². The largest absolute Gasteiger partial charge is 0.305 e. The van der Waals surface area contributed by atoms with Gasteiger partial charge in [-0.3, -0.25) is 14.9 Å². The van der Waals surface area contributed by atoms with Crippen LogP contribution in [0.5, 0.6) is 0 Å². The fourth-order valence-electron chi connectivity index (χ4n) is 4.20. The first-order valence-electron chi connectivity index (χ1n) is 9.01. The Labute approximate surface area is 134 Å². The van der Waals surface area contributed by atoms with Gasteiger partial charge in [-0.1, -0.05) is 19.3 Å². The zero-order valence-electron chi connectivity index (χ0n) is 14.1. The van der Waals surface area contributed by atoms with E-state index in [1.165, 1.54) is 58.0 Å². The third-order valence-corrected chi connectivity index (χ3v) is 5.36. The first-order valence-corrected chi connectivity index (χ1v) is 9.01. The van der Waals surface area contributed by atoms with E-state index in [0.717, 1.165) is 17.4 Å². The lowest BCUT2D eigenvalue weighted by Crippen LogP contribution is -2.50. The molecule has 0 amide bonds. The Morgan fingerprint density at radius 1 is 1.09 bits per heavy atom. The van der Waals surface area contributed by atoms with Gasteiger partial charge >= 0.3 is 0 Å². The number of hydrogen-bond acceptors (Lipinski definition) is 4. The molecule has 1 saturated carbocycles. The summed E-state index contributed by atoms with van der Waals surface area (Å²) < 4.78 is 0. The van der Waals surface area contributed by atoms with E-state index in [0.29, 0.717) is 6.04 Å². The molecule has 1 aromatic rings. The molecule has 1 aliphatic heterocycles. The lowest BCUT2D eigenvalue weighted by molar-refractivity contribution is 0.107. The maximum atomic E-state index is 4.51. The van der Waals surface area contributed by atoms with Gasteiger partial charge in [0, 0.05) is 37.1 Å². The lowest BCUT2D eigenvalue weighted by atomic mass is 9.92. The van der Waals surface area contributed by atoms with Crippen LogP contribution in [0.15, 0.2) is 12.4 Å². The average molecular weight is 302 g/mol. The second-order valence-electron chi connectivity index (χ2n) is 7.04. The zero-order chi connectivity index (χ0) is 15.4. The van der Waals surface area contributed by atoms with E-state index in [2.05, 4.69) is 34.0 Å². The van der Waals surface area contributed by atoms with Crippen molar-refractivity contribution in [3.63, 3.8) is 0 Å². The van der Waals surface area contributed by atoms with Crippen molar-refractivity contribution in [2.75, 3.05) is 13.1 Å². The van der Waals surface area contributed by atoms with Gasteiger partial charge in [-0.15, -0.1) is 0 Å². The van der Waals surface area contributed by atoms with Crippen LogP contribution in [0.2, 0.25) is 0 Å². The van der Waals surface area contributed by atoms with E-state index < -0.39 is 0 Å². The van der Waals surface area contributed by atoms with Gasteiger partial charge in [0.05, 0.1) is 11.4 Å². The molecule has 122 valence electrons. The summed E-state index contributed by atoms with van der Waals surface area (Å²) in [5, 5.41) is 3.80. The van der Waals surface area contributed by atoms with Gasteiger partial charge in [0.15, 0.2) is 0 Å². The molecular formula is C18H30N4. The Hall–Kier alpha value is -1.00.